The fourth-order valence-corrected chi connectivity index (χ4v) is 4.43. The van der Waals surface area contributed by atoms with Crippen LogP contribution < -0.4 is 9.47 Å². The second-order valence-electron chi connectivity index (χ2n) is 7.70. The van der Waals surface area contributed by atoms with Gasteiger partial charge in [-0.05, 0) is 54.4 Å². The maximum absolute atomic E-state index is 5.77. The standard InChI is InChI=1S/C25H25N5O2S/c1-3-4-15-32-21-11-7-19(8-12-21)22-16-23-24-26-27-25(29(24)13-14-30(23)28-22)33-17-18-5-9-20(31-2)10-6-18/h5-14,16H,3-4,15,17H2,1-2H3. The molecule has 0 aliphatic carbocycles. The smallest absolute Gasteiger partial charge is 0.196 e. The minimum atomic E-state index is 0.744. The van der Waals surface area contributed by atoms with Gasteiger partial charge in [-0.1, -0.05) is 37.2 Å². The number of methoxy groups -OCH3 is 1. The third kappa shape index (κ3) is 4.52. The number of ether oxygens (including phenoxy) is 2. The fourth-order valence-electron chi connectivity index (χ4n) is 3.56. The molecule has 0 unspecified atom stereocenters. The number of hydrogen-bond donors (Lipinski definition) is 0. The van der Waals surface area contributed by atoms with Crippen molar-refractivity contribution < 1.29 is 9.47 Å². The van der Waals surface area contributed by atoms with Crippen LogP contribution in [0, 0.1) is 0 Å². The highest BCUT2D eigenvalue weighted by Crippen LogP contribution is 2.27. The molecule has 3 aromatic heterocycles. The first-order chi connectivity index (χ1) is 16.2. The van der Waals surface area contributed by atoms with Gasteiger partial charge in [-0.15, -0.1) is 10.2 Å². The van der Waals surface area contributed by atoms with E-state index in [1.807, 2.05) is 57.7 Å². The zero-order chi connectivity index (χ0) is 22.6. The SMILES string of the molecule is CCCCOc1ccc(-c2cc3c4nnc(SCc5ccc(OC)cc5)n4ccn3n2)cc1. The monoisotopic (exact) mass is 459 g/mol. The highest BCUT2D eigenvalue weighted by atomic mass is 32.2. The molecule has 33 heavy (non-hydrogen) atoms. The van der Waals surface area contributed by atoms with Crippen LogP contribution in [0.4, 0.5) is 0 Å². The molecule has 0 atom stereocenters. The summed E-state index contributed by atoms with van der Waals surface area (Å²) in [5.74, 6) is 2.54. The van der Waals surface area contributed by atoms with Crippen molar-refractivity contribution in [1.29, 1.82) is 0 Å². The largest absolute Gasteiger partial charge is 0.497 e. The molecule has 0 saturated carbocycles. The molecule has 0 bridgehead atoms. The van der Waals surface area contributed by atoms with Crippen LogP contribution in [-0.4, -0.2) is 37.9 Å². The van der Waals surface area contributed by atoms with E-state index < -0.39 is 0 Å². The van der Waals surface area contributed by atoms with Crippen LogP contribution in [0.5, 0.6) is 11.5 Å². The maximum atomic E-state index is 5.77. The molecule has 8 heteroatoms. The Kier molecular flexibility index (Phi) is 6.17. The third-order valence-corrected chi connectivity index (χ3v) is 6.44. The number of fused-ring (bicyclic) bond motifs is 3. The van der Waals surface area contributed by atoms with Crippen LogP contribution >= 0.6 is 11.8 Å². The highest BCUT2D eigenvalue weighted by Gasteiger charge is 2.13. The summed E-state index contributed by atoms with van der Waals surface area (Å²) in [7, 11) is 1.67. The zero-order valence-corrected chi connectivity index (χ0v) is 19.5. The zero-order valence-electron chi connectivity index (χ0n) is 18.6. The minimum Gasteiger partial charge on any atom is -0.497 e. The van der Waals surface area contributed by atoms with E-state index in [4.69, 9.17) is 14.6 Å². The summed E-state index contributed by atoms with van der Waals surface area (Å²) in [6, 6.07) is 18.2. The molecule has 5 rings (SSSR count). The molecule has 0 saturated heterocycles. The van der Waals surface area contributed by atoms with E-state index in [1.165, 1.54) is 5.56 Å². The lowest BCUT2D eigenvalue weighted by Crippen LogP contribution is -1.96. The third-order valence-electron chi connectivity index (χ3n) is 5.43. The van der Waals surface area contributed by atoms with Crippen LogP contribution in [0.1, 0.15) is 25.3 Å². The van der Waals surface area contributed by atoms with Crippen molar-refractivity contribution >= 4 is 22.9 Å². The average molecular weight is 460 g/mol. The van der Waals surface area contributed by atoms with Gasteiger partial charge in [0, 0.05) is 23.7 Å². The lowest BCUT2D eigenvalue weighted by Gasteiger charge is -2.05. The molecule has 0 radical (unpaired) electrons. The van der Waals surface area contributed by atoms with Gasteiger partial charge in [-0.25, -0.2) is 4.52 Å². The van der Waals surface area contributed by atoms with Crippen molar-refractivity contribution in [1.82, 2.24) is 24.2 Å². The van der Waals surface area contributed by atoms with Gasteiger partial charge in [0.2, 0.25) is 0 Å². The molecular weight excluding hydrogens is 434 g/mol. The summed E-state index contributed by atoms with van der Waals surface area (Å²) in [4.78, 5) is 0. The Bertz CT molecular complexity index is 1360. The van der Waals surface area contributed by atoms with E-state index in [0.717, 1.165) is 64.3 Å². The van der Waals surface area contributed by atoms with Gasteiger partial charge in [-0.2, -0.15) is 5.10 Å². The van der Waals surface area contributed by atoms with E-state index in [9.17, 15) is 0 Å². The molecule has 0 N–H and O–H groups in total. The van der Waals surface area contributed by atoms with Crippen LogP contribution in [0.3, 0.4) is 0 Å². The lowest BCUT2D eigenvalue weighted by atomic mass is 10.1. The Morgan fingerprint density at radius 1 is 0.939 bits per heavy atom. The Balaban J connectivity index is 1.36. The van der Waals surface area contributed by atoms with Gasteiger partial charge in [0.15, 0.2) is 10.8 Å². The van der Waals surface area contributed by atoms with Crippen molar-refractivity contribution in [3.63, 3.8) is 0 Å². The van der Waals surface area contributed by atoms with Crippen molar-refractivity contribution in [2.45, 2.75) is 30.7 Å². The molecule has 0 amide bonds. The van der Waals surface area contributed by atoms with Crippen molar-refractivity contribution in [2.75, 3.05) is 13.7 Å². The predicted octanol–water partition coefficient (Wildman–Crippen LogP) is 5.52. The Morgan fingerprint density at radius 3 is 2.48 bits per heavy atom. The summed E-state index contributed by atoms with van der Waals surface area (Å²) >= 11 is 1.65. The molecule has 0 aliphatic heterocycles. The van der Waals surface area contributed by atoms with Crippen LogP contribution in [0.2, 0.25) is 0 Å². The molecule has 0 aliphatic rings. The summed E-state index contributed by atoms with van der Waals surface area (Å²) < 4.78 is 14.9. The molecule has 3 heterocycles. The highest BCUT2D eigenvalue weighted by molar-refractivity contribution is 7.98. The summed E-state index contributed by atoms with van der Waals surface area (Å²) in [5.41, 5.74) is 4.83. The van der Waals surface area contributed by atoms with E-state index >= 15 is 0 Å². The van der Waals surface area contributed by atoms with Gasteiger partial charge in [0.05, 0.1) is 19.4 Å². The van der Waals surface area contributed by atoms with Crippen LogP contribution in [-0.2, 0) is 5.75 Å². The molecular formula is C25H25N5O2S. The Labute approximate surface area is 196 Å². The topological polar surface area (TPSA) is 66.0 Å². The summed E-state index contributed by atoms with van der Waals surface area (Å²) in [6.45, 7) is 2.90. The number of aromatic nitrogens is 5. The maximum Gasteiger partial charge on any atom is 0.196 e. The molecule has 5 aromatic rings. The average Bonchev–Trinajstić information content (AvgIpc) is 3.48. The molecule has 2 aromatic carbocycles. The number of thioether (sulfide) groups is 1. The van der Waals surface area contributed by atoms with Gasteiger partial charge >= 0.3 is 0 Å². The van der Waals surface area contributed by atoms with Crippen LogP contribution in [0.25, 0.3) is 22.4 Å². The van der Waals surface area contributed by atoms with E-state index in [-0.39, 0.29) is 0 Å². The summed E-state index contributed by atoms with van der Waals surface area (Å²) in [6.07, 6.45) is 6.08. The molecule has 168 valence electrons. The van der Waals surface area contributed by atoms with Crippen molar-refractivity contribution in [3.8, 4) is 22.8 Å². The van der Waals surface area contributed by atoms with Gasteiger partial charge in [0.25, 0.3) is 0 Å². The molecule has 7 nitrogen and oxygen atoms in total. The normalized spacial score (nSPS) is 11.3. The molecule has 0 fully saturated rings. The van der Waals surface area contributed by atoms with E-state index in [1.54, 1.807) is 18.9 Å². The number of nitrogens with zero attached hydrogens (tertiary/aromatic N) is 5. The first-order valence-electron chi connectivity index (χ1n) is 11.0. The van der Waals surface area contributed by atoms with E-state index in [2.05, 4.69) is 35.3 Å². The quantitative estimate of drug-likeness (QED) is 0.213. The molecule has 0 spiro atoms. The Hall–Kier alpha value is -3.52. The van der Waals surface area contributed by atoms with Crippen LogP contribution in [0.15, 0.2) is 72.1 Å². The second-order valence-corrected chi connectivity index (χ2v) is 8.64. The number of unbranched alkanes of at least 4 members (excludes halogenated alkanes) is 1. The number of rotatable bonds is 9. The van der Waals surface area contributed by atoms with Crippen molar-refractivity contribution in [3.05, 3.63) is 72.6 Å². The first kappa shape index (κ1) is 21.3. The van der Waals surface area contributed by atoms with Gasteiger partial charge in [0.1, 0.15) is 17.0 Å². The second kappa shape index (κ2) is 9.54. The Morgan fingerprint density at radius 2 is 1.73 bits per heavy atom. The fraction of sp³-hybridized carbons (Fsp3) is 0.240. The van der Waals surface area contributed by atoms with E-state index in [0.29, 0.717) is 0 Å². The summed E-state index contributed by atoms with van der Waals surface area (Å²) in [5, 5.41) is 14.4. The van der Waals surface area contributed by atoms with Gasteiger partial charge in [-0.3, -0.25) is 4.40 Å². The predicted molar refractivity (Wildman–Crippen MR) is 130 cm³/mol. The lowest BCUT2D eigenvalue weighted by molar-refractivity contribution is 0.309. The van der Waals surface area contributed by atoms with Crippen molar-refractivity contribution in [2.24, 2.45) is 0 Å². The van der Waals surface area contributed by atoms with Gasteiger partial charge < -0.3 is 9.47 Å². The number of hydrogen-bond acceptors (Lipinski definition) is 6. The first-order valence-corrected chi connectivity index (χ1v) is 12.0. The minimum absolute atomic E-state index is 0.744. The number of benzene rings is 2.